The van der Waals surface area contributed by atoms with Gasteiger partial charge in [-0.15, -0.1) is 10.2 Å². The molecule has 0 spiro atoms. The van der Waals surface area contributed by atoms with Crippen molar-refractivity contribution in [3.05, 3.63) is 10.0 Å². The van der Waals surface area contributed by atoms with Crippen molar-refractivity contribution in [2.24, 2.45) is 0 Å². The summed E-state index contributed by atoms with van der Waals surface area (Å²) in [6.45, 7) is 1.60. The van der Waals surface area contributed by atoms with Gasteiger partial charge >= 0.3 is 6.18 Å². The molecule has 0 amide bonds. The van der Waals surface area contributed by atoms with Gasteiger partial charge in [0.25, 0.3) is 0 Å². The van der Waals surface area contributed by atoms with Crippen LogP contribution in [0.4, 0.5) is 13.2 Å². The molecule has 0 atom stereocenters. The van der Waals surface area contributed by atoms with E-state index in [1.807, 2.05) is 0 Å². The molecule has 1 aromatic heterocycles. The fourth-order valence-corrected chi connectivity index (χ4v) is 1.82. The summed E-state index contributed by atoms with van der Waals surface area (Å²) >= 11 is 0.972. The van der Waals surface area contributed by atoms with E-state index in [1.54, 1.807) is 7.11 Å². The second-order valence-electron chi connectivity index (χ2n) is 3.05. The molecular formula is C8H12F3N3OS. The minimum atomic E-state index is -4.22. The topological polar surface area (TPSA) is 47.0 Å². The number of aromatic nitrogens is 2. The average molecular weight is 255 g/mol. The number of hydrogen-bond acceptors (Lipinski definition) is 5. The van der Waals surface area contributed by atoms with Gasteiger partial charge in [-0.05, 0) is 0 Å². The highest BCUT2D eigenvalue weighted by molar-refractivity contribution is 7.11. The Hall–Kier alpha value is -0.730. The van der Waals surface area contributed by atoms with E-state index in [0.717, 1.165) is 11.3 Å². The number of nitrogens with zero attached hydrogens (tertiary/aromatic N) is 2. The lowest BCUT2D eigenvalue weighted by Gasteiger charge is -2.01. The average Bonchev–Trinajstić information content (AvgIpc) is 2.58. The van der Waals surface area contributed by atoms with Gasteiger partial charge in [-0.3, -0.25) is 0 Å². The van der Waals surface area contributed by atoms with Crippen molar-refractivity contribution in [2.75, 3.05) is 20.3 Å². The highest BCUT2D eigenvalue weighted by Crippen LogP contribution is 2.23. The molecule has 0 aliphatic heterocycles. The maximum Gasteiger partial charge on any atom is 0.395 e. The maximum atomic E-state index is 12.0. The number of alkyl halides is 3. The summed E-state index contributed by atoms with van der Waals surface area (Å²) in [6.07, 6.45) is -5.23. The Balaban J connectivity index is 2.34. The lowest BCUT2D eigenvalue weighted by molar-refractivity contribution is -0.127. The van der Waals surface area contributed by atoms with Gasteiger partial charge < -0.3 is 10.1 Å². The quantitative estimate of drug-likeness (QED) is 0.780. The van der Waals surface area contributed by atoms with Crippen molar-refractivity contribution in [1.29, 1.82) is 0 Å². The highest BCUT2D eigenvalue weighted by Gasteiger charge is 2.29. The zero-order chi connectivity index (χ0) is 12.0. The maximum absolute atomic E-state index is 12.0. The number of rotatable bonds is 6. The van der Waals surface area contributed by atoms with E-state index in [1.165, 1.54) is 0 Å². The third-order valence-corrected chi connectivity index (χ3v) is 2.54. The van der Waals surface area contributed by atoms with E-state index in [4.69, 9.17) is 4.74 Å². The van der Waals surface area contributed by atoms with Gasteiger partial charge in [-0.2, -0.15) is 13.2 Å². The third kappa shape index (κ3) is 5.38. The summed E-state index contributed by atoms with van der Waals surface area (Å²) in [7, 11) is 1.58. The van der Waals surface area contributed by atoms with E-state index >= 15 is 0 Å². The fraction of sp³-hybridized carbons (Fsp3) is 0.750. The minimum absolute atomic E-state index is 0.00367. The second-order valence-corrected chi connectivity index (χ2v) is 4.20. The SMILES string of the molecule is COCCNCc1nnc(CC(F)(F)F)s1. The van der Waals surface area contributed by atoms with Crippen molar-refractivity contribution in [3.8, 4) is 0 Å². The van der Waals surface area contributed by atoms with Crippen LogP contribution < -0.4 is 5.32 Å². The summed E-state index contributed by atoms with van der Waals surface area (Å²) < 4.78 is 40.8. The molecule has 0 aliphatic rings. The number of methoxy groups -OCH3 is 1. The predicted molar refractivity (Wildman–Crippen MR) is 53.3 cm³/mol. The molecule has 0 saturated heterocycles. The van der Waals surface area contributed by atoms with Crippen molar-refractivity contribution in [2.45, 2.75) is 19.1 Å². The molecule has 0 saturated carbocycles. The largest absolute Gasteiger partial charge is 0.395 e. The molecule has 1 heterocycles. The second kappa shape index (κ2) is 6.12. The zero-order valence-electron chi connectivity index (χ0n) is 8.67. The molecule has 0 unspecified atom stereocenters. The van der Waals surface area contributed by atoms with Gasteiger partial charge in [0.15, 0.2) is 0 Å². The molecule has 0 bridgehead atoms. The van der Waals surface area contributed by atoms with E-state index in [0.29, 0.717) is 24.7 Å². The predicted octanol–water partition coefficient (Wildman–Crippen LogP) is 1.38. The molecule has 0 radical (unpaired) electrons. The number of ether oxygens (including phenoxy) is 1. The van der Waals surface area contributed by atoms with Crippen molar-refractivity contribution < 1.29 is 17.9 Å². The fourth-order valence-electron chi connectivity index (χ4n) is 0.972. The molecular weight excluding hydrogens is 243 g/mol. The summed E-state index contributed by atoms with van der Waals surface area (Å²) in [5.41, 5.74) is 0. The van der Waals surface area contributed by atoms with E-state index in [2.05, 4.69) is 15.5 Å². The minimum Gasteiger partial charge on any atom is -0.383 e. The summed E-state index contributed by atoms with van der Waals surface area (Å²) in [6, 6.07) is 0. The Morgan fingerprint density at radius 2 is 2.00 bits per heavy atom. The molecule has 4 nitrogen and oxygen atoms in total. The van der Waals surface area contributed by atoms with Gasteiger partial charge in [0, 0.05) is 20.2 Å². The molecule has 16 heavy (non-hydrogen) atoms. The summed E-state index contributed by atoms with van der Waals surface area (Å²) in [5.74, 6) is 0. The van der Waals surface area contributed by atoms with Crippen LogP contribution in [0.15, 0.2) is 0 Å². The van der Waals surface area contributed by atoms with Gasteiger partial charge in [0.05, 0.1) is 13.0 Å². The van der Waals surface area contributed by atoms with E-state index in [9.17, 15) is 13.2 Å². The van der Waals surface area contributed by atoms with Crippen LogP contribution in [0, 0.1) is 0 Å². The van der Waals surface area contributed by atoms with Crippen LogP contribution >= 0.6 is 11.3 Å². The number of halogens is 3. The summed E-state index contributed by atoms with van der Waals surface area (Å²) in [5, 5.41) is 10.7. The Bertz CT molecular complexity index is 316. The first kappa shape index (κ1) is 13.3. The Morgan fingerprint density at radius 3 is 2.62 bits per heavy atom. The van der Waals surface area contributed by atoms with Gasteiger partial charge in [0.1, 0.15) is 10.0 Å². The van der Waals surface area contributed by atoms with E-state index in [-0.39, 0.29) is 5.01 Å². The Morgan fingerprint density at radius 1 is 1.31 bits per heavy atom. The van der Waals surface area contributed by atoms with Crippen LogP contribution in [-0.4, -0.2) is 36.6 Å². The zero-order valence-corrected chi connectivity index (χ0v) is 9.49. The van der Waals surface area contributed by atoms with E-state index < -0.39 is 12.6 Å². The molecule has 0 aliphatic carbocycles. The smallest absolute Gasteiger partial charge is 0.383 e. The normalized spacial score (nSPS) is 12.0. The van der Waals surface area contributed by atoms with Crippen molar-refractivity contribution in [1.82, 2.24) is 15.5 Å². The van der Waals surface area contributed by atoms with Crippen LogP contribution in [-0.2, 0) is 17.7 Å². The number of hydrogen-bond donors (Lipinski definition) is 1. The van der Waals surface area contributed by atoms with Gasteiger partial charge in [0.2, 0.25) is 0 Å². The van der Waals surface area contributed by atoms with Gasteiger partial charge in [-0.25, -0.2) is 0 Å². The monoisotopic (exact) mass is 255 g/mol. The highest BCUT2D eigenvalue weighted by atomic mass is 32.1. The molecule has 1 N–H and O–H groups in total. The van der Waals surface area contributed by atoms with Crippen LogP contribution in [0.2, 0.25) is 0 Å². The first-order valence-corrected chi connectivity index (χ1v) is 5.40. The van der Waals surface area contributed by atoms with Crippen molar-refractivity contribution >= 4 is 11.3 Å². The van der Waals surface area contributed by atoms with Crippen LogP contribution in [0.1, 0.15) is 10.0 Å². The molecule has 1 aromatic rings. The first-order valence-electron chi connectivity index (χ1n) is 4.59. The molecule has 0 aromatic carbocycles. The summed E-state index contributed by atoms with van der Waals surface area (Å²) in [4.78, 5) is 0. The lowest BCUT2D eigenvalue weighted by Crippen LogP contribution is -2.18. The Kier molecular flexibility index (Phi) is 5.10. The van der Waals surface area contributed by atoms with Crippen LogP contribution in [0.25, 0.3) is 0 Å². The van der Waals surface area contributed by atoms with Crippen molar-refractivity contribution in [3.63, 3.8) is 0 Å². The standard InChI is InChI=1S/C8H12F3N3OS/c1-15-3-2-12-5-7-14-13-6(16-7)4-8(9,10)11/h12H,2-5H2,1H3. The van der Waals surface area contributed by atoms with Crippen LogP contribution in [0.5, 0.6) is 0 Å². The third-order valence-electron chi connectivity index (χ3n) is 1.62. The number of nitrogens with one attached hydrogen (secondary N) is 1. The van der Waals surface area contributed by atoms with Crippen LogP contribution in [0.3, 0.4) is 0 Å². The van der Waals surface area contributed by atoms with Gasteiger partial charge in [-0.1, -0.05) is 11.3 Å². The molecule has 92 valence electrons. The molecule has 1 rings (SSSR count). The Labute approximate surface area is 94.8 Å². The lowest BCUT2D eigenvalue weighted by atomic mass is 10.4. The first-order chi connectivity index (χ1) is 7.51. The molecule has 0 fully saturated rings. The molecule has 8 heteroatoms.